The number of ether oxygens (including phenoxy) is 3. The van der Waals surface area contributed by atoms with E-state index in [-0.39, 0.29) is 17.6 Å². The van der Waals surface area contributed by atoms with E-state index in [2.05, 4.69) is 4.74 Å². The average molecular weight is 463 g/mol. The highest BCUT2D eigenvalue weighted by Gasteiger charge is 2.48. The number of carbonyl (C=O) groups excluding carboxylic acids is 1. The molecule has 8 heteroatoms. The van der Waals surface area contributed by atoms with E-state index in [1.807, 2.05) is 29.2 Å². The van der Waals surface area contributed by atoms with Crippen molar-refractivity contribution in [2.45, 2.75) is 43.9 Å². The number of rotatable bonds is 7. The molecule has 0 N–H and O–H groups in total. The summed E-state index contributed by atoms with van der Waals surface area (Å²) in [4.78, 5) is 15.5. The molecule has 1 aliphatic carbocycles. The average Bonchev–Trinajstić information content (AvgIpc) is 2.77. The molecule has 0 aromatic heterocycles. The van der Waals surface area contributed by atoms with E-state index in [4.69, 9.17) is 9.47 Å². The summed E-state index contributed by atoms with van der Waals surface area (Å²) in [5, 5.41) is 0. The fourth-order valence-electron chi connectivity index (χ4n) is 4.71. The number of amides is 1. The highest BCUT2D eigenvalue weighted by atomic mass is 19.4. The first-order chi connectivity index (χ1) is 15.8. The third-order valence-corrected chi connectivity index (χ3v) is 6.61. The molecule has 0 bridgehead atoms. The van der Waals surface area contributed by atoms with E-state index in [0.29, 0.717) is 18.9 Å². The third kappa shape index (κ3) is 5.37. The first-order valence-electron chi connectivity index (χ1n) is 11.2. The molecule has 33 heavy (non-hydrogen) atoms. The SMILES string of the molecule is COc1ccc(C2(C(=O)N3CCC[C@@H](COc4ccc(OC(F)(F)F)cc4)C3)CCC2)cc1. The predicted octanol–water partition coefficient (Wildman–Crippen LogP) is 5.33. The molecule has 2 aromatic carbocycles. The van der Waals surface area contributed by atoms with Crippen LogP contribution in [0.4, 0.5) is 13.2 Å². The van der Waals surface area contributed by atoms with Gasteiger partial charge in [0.25, 0.3) is 0 Å². The number of likely N-dealkylation sites (tertiary alicyclic amines) is 1. The van der Waals surface area contributed by atoms with Crippen molar-refractivity contribution < 1.29 is 32.2 Å². The van der Waals surface area contributed by atoms with Crippen LogP contribution in [0.3, 0.4) is 0 Å². The molecule has 0 radical (unpaired) electrons. The number of halogens is 3. The number of nitrogens with zero attached hydrogens (tertiary/aromatic N) is 1. The van der Waals surface area contributed by atoms with Crippen molar-refractivity contribution in [1.82, 2.24) is 4.90 Å². The van der Waals surface area contributed by atoms with E-state index in [1.165, 1.54) is 24.3 Å². The maximum absolute atomic E-state index is 13.6. The summed E-state index contributed by atoms with van der Waals surface area (Å²) in [6.45, 7) is 1.75. The van der Waals surface area contributed by atoms with E-state index in [1.54, 1.807) is 7.11 Å². The van der Waals surface area contributed by atoms with Gasteiger partial charge in [-0.2, -0.15) is 0 Å². The zero-order chi connectivity index (χ0) is 23.5. The van der Waals surface area contributed by atoms with Crippen LogP contribution in [-0.4, -0.2) is 44.0 Å². The number of hydrogen-bond donors (Lipinski definition) is 0. The van der Waals surface area contributed by atoms with E-state index >= 15 is 0 Å². The molecule has 1 atom stereocenters. The van der Waals surface area contributed by atoms with Gasteiger partial charge in [0.05, 0.1) is 19.1 Å². The highest BCUT2D eigenvalue weighted by Crippen LogP contribution is 2.46. The van der Waals surface area contributed by atoms with Crippen molar-refractivity contribution in [3.8, 4) is 17.2 Å². The molecule has 1 saturated carbocycles. The zero-order valence-corrected chi connectivity index (χ0v) is 18.6. The van der Waals surface area contributed by atoms with E-state index in [0.717, 1.165) is 50.0 Å². The molecule has 1 aliphatic heterocycles. The summed E-state index contributed by atoms with van der Waals surface area (Å²) >= 11 is 0. The molecule has 4 rings (SSSR count). The largest absolute Gasteiger partial charge is 0.573 e. The Labute approximate surface area is 191 Å². The van der Waals surface area contributed by atoms with Gasteiger partial charge in [-0.25, -0.2) is 0 Å². The lowest BCUT2D eigenvalue weighted by atomic mass is 9.63. The van der Waals surface area contributed by atoms with Gasteiger partial charge in [0, 0.05) is 19.0 Å². The van der Waals surface area contributed by atoms with Crippen molar-refractivity contribution in [2.24, 2.45) is 5.92 Å². The molecule has 2 aromatic rings. The molecule has 1 heterocycles. The highest BCUT2D eigenvalue weighted by molar-refractivity contribution is 5.89. The van der Waals surface area contributed by atoms with Crippen LogP contribution in [0.2, 0.25) is 0 Å². The smallest absolute Gasteiger partial charge is 0.497 e. The maximum Gasteiger partial charge on any atom is 0.573 e. The van der Waals surface area contributed by atoms with Crippen molar-refractivity contribution in [3.05, 3.63) is 54.1 Å². The zero-order valence-electron chi connectivity index (χ0n) is 18.6. The fraction of sp³-hybridized carbons (Fsp3) is 0.480. The minimum absolute atomic E-state index is 0.168. The van der Waals surface area contributed by atoms with Gasteiger partial charge in [-0.05, 0) is 67.6 Å². The lowest BCUT2D eigenvalue weighted by Gasteiger charge is -2.46. The summed E-state index contributed by atoms with van der Waals surface area (Å²) in [7, 11) is 1.62. The first-order valence-corrected chi connectivity index (χ1v) is 11.2. The number of hydrogen-bond acceptors (Lipinski definition) is 4. The Morgan fingerprint density at radius 2 is 1.64 bits per heavy atom. The Hall–Kier alpha value is -2.90. The Morgan fingerprint density at radius 1 is 1.00 bits per heavy atom. The maximum atomic E-state index is 13.6. The van der Waals surface area contributed by atoms with Gasteiger partial charge in [0.15, 0.2) is 0 Å². The van der Waals surface area contributed by atoms with Crippen LogP contribution in [0.1, 0.15) is 37.7 Å². The standard InChI is InChI=1S/C25H28F3NO4/c1-31-20-7-5-19(6-8-20)24(13-3-14-24)23(30)29-15-2-4-18(16-29)17-32-21-9-11-22(12-10-21)33-25(26,27)28/h5-12,18H,2-4,13-17H2,1H3/t18-/m1/s1. The van der Waals surface area contributed by atoms with E-state index in [9.17, 15) is 18.0 Å². The van der Waals surface area contributed by atoms with Crippen molar-refractivity contribution >= 4 is 5.91 Å². The topological polar surface area (TPSA) is 48.0 Å². The summed E-state index contributed by atoms with van der Waals surface area (Å²) in [6, 6.07) is 13.2. The quantitative estimate of drug-likeness (QED) is 0.557. The van der Waals surface area contributed by atoms with Gasteiger partial charge in [-0.3, -0.25) is 4.79 Å². The molecule has 0 spiro atoms. The van der Waals surface area contributed by atoms with Crippen LogP contribution in [-0.2, 0) is 10.2 Å². The van der Waals surface area contributed by atoms with Crippen LogP contribution in [0.15, 0.2) is 48.5 Å². The fourth-order valence-corrected chi connectivity index (χ4v) is 4.71. The Bertz CT molecular complexity index is 940. The Balaban J connectivity index is 1.35. The normalized spacial score (nSPS) is 20.0. The van der Waals surface area contributed by atoms with Gasteiger partial charge >= 0.3 is 6.36 Å². The van der Waals surface area contributed by atoms with Crippen LogP contribution < -0.4 is 14.2 Å². The van der Waals surface area contributed by atoms with Crippen LogP contribution in [0, 0.1) is 5.92 Å². The summed E-state index contributed by atoms with van der Waals surface area (Å²) in [6.07, 6.45) is -0.147. The number of benzene rings is 2. The monoisotopic (exact) mass is 463 g/mol. The number of methoxy groups -OCH3 is 1. The molecule has 1 amide bonds. The van der Waals surface area contributed by atoms with Crippen LogP contribution >= 0.6 is 0 Å². The van der Waals surface area contributed by atoms with Gasteiger partial charge in [-0.1, -0.05) is 18.6 Å². The lowest BCUT2D eigenvalue weighted by molar-refractivity contribution is -0.274. The number of carbonyl (C=O) groups is 1. The second-order valence-corrected chi connectivity index (χ2v) is 8.75. The lowest BCUT2D eigenvalue weighted by Crippen LogP contribution is -2.54. The molecule has 2 aliphatic rings. The summed E-state index contributed by atoms with van der Waals surface area (Å²) in [5.41, 5.74) is 0.586. The third-order valence-electron chi connectivity index (χ3n) is 6.61. The molecule has 2 fully saturated rings. The summed E-state index contributed by atoms with van der Waals surface area (Å²) < 4.78 is 51.8. The predicted molar refractivity (Wildman–Crippen MR) is 116 cm³/mol. The molecule has 1 saturated heterocycles. The Kier molecular flexibility index (Phi) is 6.72. The van der Waals surface area contributed by atoms with Gasteiger partial charge in [-0.15, -0.1) is 13.2 Å². The van der Waals surface area contributed by atoms with Crippen LogP contribution in [0.5, 0.6) is 17.2 Å². The molecular weight excluding hydrogens is 435 g/mol. The van der Waals surface area contributed by atoms with Crippen LogP contribution in [0.25, 0.3) is 0 Å². The molecule has 5 nitrogen and oxygen atoms in total. The van der Waals surface area contributed by atoms with Crippen molar-refractivity contribution in [2.75, 3.05) is 26.8 Å². The minimum atomic E-state index is -4.72. The molecule has 178 valence electrons. The van der Waals surface area contributed by atoms with Gasteiger partial charge in [0.2, 0.25) is 5.91 Å². The van der Waals surface area contributed by atoms with Crippen molar-refractivity contribution in [3.63, 3.8) is 0 Å². The van der Waals surface area contributed by atoms with Gasteiger partial charge < -0.3 is 19.1 Å². The molecular formula is C25H28F3NO4. The second kappa shape index (κ2) is 9.53. The minimum Gasteiger partial charge on any atom is -0.497 e. The Morgan fingerprint density at radius 3 is 2.21 bits per heavy atom. The molecule has 0 unspecified atom stereocenters. The number of piperidine rings is 1. The second-order valence-electron chi connectivity index (χ2n) is 8.75. The van der Waals surface area contributed by atoms with E-state index < -0.39 is 11.8 Å². The van der Waals surface area contributed by atoms with Gasteiger partial charge in [0.1, 0.15) is 17.2 Å². The number of alkyl halides is 3. The first kappa shape index (κ1) is 23.3. The van der Waals surface area contributed by atoms with Crippen molar-refractivity contribution in [1.29, 1.82) is 0 Å². The summed E-state index contributed by atoms with van der Waals surface area (Å²) in [5.74, 6) is 1.31.